The van der Waals surface area contributed by atoms with Crippen LogP contribution in [0.4, 0.5) is 0 Å². The second-order valence-corrected chi connectivity index (χ2v) is 4.02. The van der Waals surface area contributed by atoms with Crippen LogP contribution in [0.2, 0.25) is 0 Å². The summed E-state index contributed by atoms with van der Waals surface area (Å²) in [4.78, 5) is 16.4. The fraction of sp³-hybridized carbons (Fsp3) is 0. The van der Waals surface area contributed by atoms with E-state index in [2.05, 4.69) is 26.0 Å². The maximum atomic E-state index is 9.05. The zero-order valence-electron chi connectivity index (χ0n) is 10.8. The molecule has 0 saturated heterocycles. The maximum absolute atomic E-state index is 9.05. The summed E-state index contributed by atoms with van der Waals surface area (Å²) in [7, 11) is 0. The number of ether oxygens (including phenoxy) is 1. The normalized spacial score (nSPS) is 9.86. The molecular formula is C15H9N5O. The second-order valence-electron chi connectivity index (χ2n) is 4.02. The Morgan fingerprint density at radius 1 is 0.952 bits per heavy atom. The molecule has 0 atom stereocenters. The van der Waals surface area contributed by atoms with Gasteiger partial charge in [0.1, 0.15) is 23.8 Å². The first-order chi connectivity index (χ1) is 10.4. The van der Waals surface area contributed by atoms with E-state index in [1.165, 1.54) is 6.33 Å². The van der Waals surface area contributed by atoms with Crippen LogP contribution in [-0.4, -0.2) is 19.9 Å². The first kappa shape index (κ1) is 12.7. The van der Waals surface area contributed by atoms with E-state index in [1.807, 2.05) is 0 Å². The number of nitriles is 1. The van der Waals surface area contributed by atoms with Gasteiger partial charge in [-0.1, -0.05) is 12.1 Å². The highest BCUT2D eigenvalue weighted by molar-refractivity contribution is 5.50. The smallest absolute Gasteiger partial charge is 0.223 e. The van der Waals surface area contributed by atoms with E-state index in [9.17, 15) is 0 Å². The molecule has 21 heavy (non-hydrogen) atoms. The first-order valence-electron chi connectivity index (χ1n) is 6.13. The Morgan fingerprint density at radius 2 is 1.76 bits per heavy atom. The molecule has 0 unspecified atom stereocenters. The minimum atomic E-state index is 0.329. The molecule has 0 aliphatic rings. The van der Waals surface area contributed by atoms with Gasteiger partial charge in [0.2, 0.25) is 5.88 Å². The highest BCUT2D eigenvalue weighted by Crippen LogP contribution is 2.24. The third-order valence-electron chi connectivity index (χ3n) is 2.66. The highest BCUT2D eigenvalue weighted by atomic mass is 16.5. The molecule has 3 rings (SSSR count). The van der Waals surface area contributed by atoms with Crippen LogP contribution in [0.25, 0.3) is 11.5 Å². The molecule has 6 heteroatoms. The molecule has 0 fully saturated rings. The van der Waals surface area contributed by atoms with Gasteiger partial charge in [0, 0.05) is 18.5 Å². The predicted octanol–water partition coefficient (Wildman–Crippen LogP) is 2.60. The number of aromatic nitrogens is 4. The number of nitrogens with zero attached hydrogens (tertiary/aromatic N) is 5. The Morgan fingerprint density at radius 3 is 2.57 bits per heavy atom. The summed E-state index contributed by atoms with van der Waals surface area (Å²) in [6.07, 6.45) is 4.64. The predicted molar refractivity (Wildman–Crippen MR) is 74.3 cm³/mol. The van der Waals surface area contributed by atoms with E-state index in [0.29, 0.717) is 28.7 Å². The number of rotatable bonds is 3. The van der Waals surface area contributed by atoms with Gasteiger partial charge < -0.3 is 4.74 Å². The summed E-state index contributed by atoms with van der Waals surface area (Å²) < 4.78 is 5.63. The van der Waals surface area contributed by atoms with E-state index in [-0.39, 0.29) is 0 Å². The molecule has 100 valence electrons. The molecule has 0 spiro atoms. The van der Waals surface area contributed by atoms with Crippen LogP contribution in [0.15, 0.2) is 55.1 Å². The third-order valence-corrected chi connectivity index (χ3v) is 2.66. The molecule has 0 radical (unpaired) electrons. The summed E-state index contributed by atoms with van der Waals surface area (Å²) in [5, 5.41) is 9.05. The lowest BCUT2D eigenvalue weighted by Crippen LogP contribution is -1.95. The average Bonchev–Trinajstić information content (AvgIpc) is 2.56. The molecule has 2 heterocycles. The van der Waals surface area contributed by atoms with Crippen molar-refractivity contribution in [1.29, 1.82) is 5.26 Å². The first-order valence-corrected chi connectivity index (χ1v) is 6.13. The van der Waals surface area contributed by atoms with Crippen LogP contribution in [0.5, 0.6) is 11.6 Å². The summed E-state index contributed by atoms with van der Waals surface area (Å²) in [6, 6.07) is 12.4. The van der Waals surface area contributed by atoms with Gasteiger partial charge in [0.15, 0.2) is 5.82 Å². The third kappa shape index (κ3) is 2.82. The standard InChI is InChI=1S/C15H9N5O/c16-9-11-4-1-2-5-13(11)21-14-8-12(19-10-20-14)15-17-6-3-7-18-15/h1-8,10H. The lowest BCUT2D eigenvalue weighted by atomic mass is 10.2. The van der Waals surface area contributed by atoms with E-state index in [1.54, 1.807) is 48.8 Å². The summed E-state index contributed by atoms with van der Waals surface area (Å²) in [5.41, 5.74) is 0.990. The highest BCUT2D eigenvalue weighted by Gasteiger charge is 2.08. The van der Waals surface area contributed by atoms with Crippen molar-refractivity contribution < 1.29 is 4.74 Å². The Balaban J connectivity index is 1.93. The molecule has 0 N–H and O–H groups in total. The van der Waals surface area contributed by atoms with Gasteiger partial charge in [-0.3, -0.25) is 0 Å². The molecule has 0 aliphatic heterocycles. The minimum absolute atomic E-state index is 0.329. The van der Waals surface area contributed by atoms with Crippen molar-refractivity contribution in [2.75, 3.05) is 0 Å². The minimum Gasteiger partial charge on any atom is -0.438 e. The van der Waals surface area contributed by atoms with Crippen molar-refractivity contribution in [3.8, 4) is 29.2 Å². The van der Waals surface area contributed by atoms with E-state index in [4.69, 9.17) is 10.00 Å². The van der Waals surface area contributed by atoms with Crippen molar-refractivity contribution in [3.63, 3.8) is 0 Å². The van der Waals surface area contributed by atoms with Crippen LogP contribution >= 0.6 is 0 Å². The molecule has 2 aromatic heterocycles. The molecule has 0 amide bonds. The van der Waals surface area contributed by atoms with E-state index < -0.39 is 0 Å². The molecule has 0 aliphatic carbocycles. The van der Waals surface area contributed by atoms with Crippen LogP contribution in [0.3, 0.4) is 0 Å². The maximum Gasteiger partial charge on any atom is 0.223 e. The topological polar surface area (TPSA) is 84.6 Å². The molecule has 0 saturated carbocycles. The molecule has 0 bridgehead atoms. The van der Waals surface area contributed by atoms with Gasteiger partial charge in [-0.15, -0.1) is 0 Å². The Kier molecular flexibility index (Phi) is 3.48. The monoisotopic (exact) mass is 275 g/mol. The van der Waals surface area contributed by atoms with Gasteiger partial charge in [0.05, 0.1) is 5.56 Å². The fourth-order valence-electron chi connectivity index (χ4n) is 1.71. The van der Waals surface area contributed by atoms with Gasteiger partial charge in [0.25, 0.3) is 0 Å². The Labute approximate surface area is 120 Å². The number of hydrogen-bond donors (Lipinski definition) is 0. The second kappa shape index (κ2) is 5.75. The molecule has 3 aromatic rings. The van der Waals surface area contributed by atoms with Crippen molar-refractivity contribution in [2.24, 2.45) is 0 Å². The van der Waals surface area contributed by atoms with Gasteiger partial charge in [-0.05, 0) is 18.2 Å². The van der Waals surface area contributed by atoms with Crippen LogP contribution in [0, 0.1) is 11.3 Å². The molecule has 6 nitrogen and oxygen atoms in total. The Bertz CT molecular complexity index is 798. The van der Waals surface area contributed by atoms with Crippen molar-refractivity contribution >= 4 is 0 Å². The average molecular weight is 275 g/mol. The lowest BCUT2D eigenvalue weighted by molar-refractivity contribution is 0.460. The fourth-order valence-corrected chi connectivity index (χ4v) is 1.71. The van der Waals surface area contributed by atoms with Gasteiger partial charge >= 0.3 is 0 Å². The Hall–Kier alpha value is -3.33. The SMILES string of the molecule is N#Cc1ccccc1Oc1cc(-c2ncccn2)ncn1. The van der Waals surface area contributed by atoms with Crippen molar-refractivity contribution in [1.82, 2.24) is 19.9 Å². The zero-order chi connectivity index (χ0) is 14.5. The summed E-state index contributed by atoms with van der Waals surface area (Å²) in [5.74, 6) is 1.26. The molecular weight excluding hydrogens is 266 g/mol. The lowest BCUT2D eigenvalue weighted by Gasteiger charge is -2.06. The van der Waals surface area contributed by atoms with Crippen LogP contribution in [0.1, 0.15) is 5.56 Å². The van der Waals surface area contributed by atoms with Gasteiger partial charge in [-0.2, -0.15) is 5.26 Å². The van der Waals surface area contributed by atoms with Crippen LogP contribution in [-0.2, 0) is 0 Å². The number of benzene rings is 1. The van der Waals surface area contributed by atoms with Crippen LogP contribution < -0.4 is 4.74 Å². The number of para-hydroxylation sites is 1. The number of hydrogen-bond acceptors (Lipinski definition) is 6. The van der Waals surface area contributed by atoms with Crippen molar-refractivity contribution in [3.05, 3.63) is 60.7 Å². The molecule has 1 aromatic carbocycles. The van der Waals surface area contributed by atoms with E-state index >= 15 is 0 Å². The summed E-state index contributed by atoms with van der Waals surface area (Å²) >= 11 is 0. The zero-order valence-corrected chi connectivity index (χ0v) is 10.8. The summed E-state index contributed by atoms with van der Waals surface area (Å²) in [6.45, 7) is 0. The van der Waals surface area contributed by atoms with E-state index in [0.717, 1.165) is 0 Å². The quantitative estimate of drug-likeness (QED) is 0.730. The van der Waals surface area contributed by atoms with Gasteiger partial charge in [-0.25, -0.2) is 19.9 Å². The largest absolute Gasteiger partial charge is 0.438 e. The van der Waals surface area contributed by atoms with Crippen molar-refractivity contribution in [2.45, 2.75) is 0 Å².